The molecule has 0 heterocycles. The lowest BCUT2D eigenvalue weighted by atomic mass is 10.0. The van der Waals surface area contributed by atoms with Gasteiger partial charge in [0, 0.05) is 0 Å². The van der Waals surface area contributed by atoms with Crippen LogP contribution in [0.15, 0.2) is 0 Å². The molecule has 0 aliphatic heterocycles. The lowest BCUT2D eigenvalue weighted by Crippen LogP contribution is -2.21. The Morgan fingerprint density at radius 1 is 1.60 bits per heavy atom. The Morgan fingerprint density at radius 2 is 2.00 bits per heavy atom. The summed E-state index contributed by atoms with van der Waals surface area (Å²) < 4.78 is 0. The average molecular weight is 144 g/mol. The van der Waals surface area contributed by atoms with Gasteiger partial charge in [-0.05, 0) is 39.5 Å². The highest BCUT2D eigenvalue weighted by molar-refractivity contribution is 5.01. The molecule has 0 spiro atoms. The van der Waals surface area contributed by atoms with Gasteiger partial charge in [-0.15, -0.1) is 0 Å². The molecule has 2 heteroatoms. The first-order chi connectivity index (χ1) is 4.31. The van der Waals surface area contributed by atoms with Crippen LogP contribution in [-0.2, 0) is 0 Å². The van der Waals surface area contributed by atoms with Crippen molar-refractivity contribution in [3.63, 3.8) is 0 Å². The summed E-state index contributed by atoms with van der Waals surface area (Å²) >= 11 is 0. The van der Waals surface area contributed by atoms with E-state index in [2.05, 4.69) is 0 Å². The van der Waals surface area contributed by atoms with Crippen LogP contribution in [0.4, 0.5) is 0 Å². The van der Waals surface area contributed by atoms with Gasteiger partial charge in [0.25, 0.3) is 0 Å². The molecule has 2 N–H and O–H groups in total. The zero-order chi connectivity index (χ0) is 7.99. The van der Waals surface area contributed by atoms with Crippen LogP contribution in [0.2, 0.25) is 0 Å². The second kappa shape index (κ2) is 1.95. The Morgan fingerprint density at radius 3 is 2.10 bits per heavy atom. The number of aliphatic hydroxyl groups is 2. The fourth-order valence-corrected chi connectivity index (χ4v) is 1.33. The van der Waals surface area contributed by atoms with E-state index < -0.39 is 11.2 Å². The maximum absolute atomic E-state index is 9.35. The first kappa shape index (κ1) is 8.02. The lowest BCUT2D eigenvalue weighted by Gasteiger charge is -2.17. The van der Waals surface area contributed by atoms with E-state index in [0.717, 1.165) is 6.42 Å². The first-order valence-corrected chi connectivity index (χ1v) is 3.76. The van der Waals surface area contributed by atoms with Crippen LogP contribution in [0.1, 0.15) is 33.6 Å². The molecule has 0 aromatic rings. The van der Waals surface area contributed by atoms with Crippen LogP contribution >= 0.6 is 0 Å². The van der Waals surface area contributed by atoms with E-state index >= 15 is 0 Å². The minimum atomic E-state index is -0.620. The molecule has 60 valence electrons. The SMILES string of the molecule is CC(C)(O)C[C@H]1C[C@@]1(C)O. The highest BCUT2D eigenvalue weighted by Gasteiger charge is 2.49. The van der Waals surface area contributed by atoms with Gasteiger partial charge in [0.15, 0.2) is 0 Å². The summed E-state index contributed by atoms with van der Waals surface area (Å²) in [6.45, 7) is 5.38. The van der Waals surface area contributed by atoms with E-state index in [1.165, 1.54) is 0 Å². The third-order valence-electron chi connectivity index (χ3n) is 2.12. The molecule has 0 amide bonds. The molecule has 0 aromatic heterocycles. The largest absolute Gasteiger partial charge is 0.390 e. The van der Waals surface area contributed by atoms with Crippen molar-refractivity contribution in [2.75, 3.05) is 0 Å². The predicted octanol–water partition coefficient (Wildman–Crippen LogP) is 0.918. The fourth-order valence-electron chi connectivity index (χ4n) is 1.33. The van der Waals surface area contributed by atoms with Crippen LogP contribution in [0, 0.1) is 5.92 Å². The van der Waals surface area contributed by atoms with Crippen LogP contribution in [0.25, 0.3) is 0 Å². The highest BCUT2D eigenvalue weighted by atomic mass is 16.3. The molecule has 1 aliphatic rings. The summed E-state index contributed by atoms with van der Waals surface area (Å²) in [4.78, 5) is 0. The van der Waals surface area contributed by atoms with Gasteiger partial charge in [-0.1, -0.05) is 0 Å². The lowest BCUT2D eigenvalue weighted by molar-refractivity contribution is 0.0489. The van der Waals surface area contributed by atoms with E-state index in [4.69, 9.17) is 0 Å². The molecule has 2 atom stereocenters. The standard InChI is InChI=1S/C8H16O2/c1-7(2,9)4-6-5-8(6,3)10/h6,9-10H,4-5H2,1-3H3/t6-,8+/m0/s1. The molecule has 0 unspecified atom stereocenters. The summed E-state index contributed by atoms with van der Waals surface area (Å²) in [5.74, 6) is 0.312. The van der Waals surface area contributed by atoms with Crippen LogP contribution in [0.3, 0.4) is 0 Å². The van der Waals surface area contributed by atoms with Gasteiger partial charge in [-0.25, -0.2) is 0 Å². The monoisotopic (exact) mass is 144 g/mol. The maximum atomic E-state index is 9.35. The summed E-state index contributed by atoms with van der Waals surface area (Å²) in [6.07, 6.45) is 1.55. The quantitative estimate of drug-likeness (QED) is 0.605. The van der Waals surface area contributed by atoms with Gasteiger partial charge >= 0.3 is 0 Å². The van der Waals surface area contributed by atoms with Gasteiger partial charge in [-0.3, -0.25) is 0 Å². The fraction of sp³-hybridized carbons (Fsp3) is 1.00. The van der Waals surface area contributed by atoms with Crippen molar-refractivity contribution in [3.05, 3.63) is 0 Å². The Balaban J connectivity index is 2.31. The normalized spacial score (nSPS) is 39.9. The zero-order valence-corrected chi connectivity index (χ0v) is 6.89. The molecule has 1 rings (SSSR count). The molecule has 2 nitrogen and oxygen atoms in total. The molecule has 0 radical (unpaired) electrons. The van der Waals surface area contributed by atoms with Gasteiger partial charge in [0.2, 0.25) is 0 Å². The van der Waals surface area contributed by atoms with Crippen molar-refractivity contribution in [1.82, 2.24) is 0 Å². The number of hydrogen-bond donors (Lipinski definition) is 2. The van der Waals surface area contributed by atoms with Crippen molar-refractivity contribution < 1.29 is 10.2 Å². The minimum Gasteiger partial charge on any atom is -0.390 e. The third kappa shape index (κ3) is 1.96. The summed E-state index contributed by atoms with van der Waals surface area (Å²) in [5.41, 5.74) is -1.11. The van der Waals surface area contributed by atoms with Crippen molar-refractivity contribution in [3.8, 4) is 0 Å². The Kier molecular flexibility index (Phi) is 1.57. The summed E-state index contributed by atoms with van der Waals surface area (Å²) in [6, 6.07) is 0. The average Bonchev–Trinajstić information content (AvgIpc) is 2.05. The Bertz CT molecular complexity index is 133. The van der Waals surface area contributed by atoms with Gasteiger partial charge in [0.05, 0.1) is 11.2 Å². The van der Waals surface area contributed by atoms with Gasteiger partial charge in [0.1, 0.15) is 0 Å². The van der Waals surface area contributed by atoms with E-state index in [1.54, 1.807) is 13.8 Å². The van der Waals surface area contributed by atoms with E-state index in [1.807, 2.05) is 6.92 Å². The smallest absolute Gasteiger partial charge is 0.0653 e. The minimum absolute atomic E-state index is 0.312. The Labute approximate surface area is 61.9 Å². The second-order valence-corrected chi connectivity index (χ2v) is 4.27. The second-order valence-electron chi connectivity index (χ2n) is 4.27. The maximum Gasteiger partial charge on any atom is 0.0653 e. The third-order valence-corrected chi connectivity index (χ3v) is 2.12. The van der Waals surface area contributed by atoms with E-state index in [-0.39, 0.29) is 0 Å². The molecule has 1 aliphatic carbocycles. The van der Waals surface area contributed by atoms with Crippen molar-refractivity contribution in [2.24, 2.45) is 5.92 Å². The van der Waals surface area contributed by atoms with Crippen LogP contribution < -0.4 is 0 Å². The molecular weight excluding hydrogens is 128 g/mol. The molecule has 0 bridgehead atoms. The van der Waals surface area contributed by atoms with Crippen LogP contribution in [0.5, 0.6) is 0 Å². The van der Waals surface area contributed by atoms with E-state index in [9.17, 15) is 10.2 Å². The van der Waals surface area contributed by atoms with Crippen molar-refractivity contribution in [2.45, 2.75) is 44.8 Å². The highest BCUT2D eigenvalue weighted by Crippen LogP contribution is 2.47. The van der Waals surface area contributed by atoms with Crippen LogP contribution in [-0.4, -0.2) is 21.4 Å². The van der Waals surface area contributed by atoms with Gasteiger partial charge in [-0.2, -0.15) is 0 Å². The number of rotatable bonds is 2. The topological polar surface area (TPSA) is 40.5 Å². The number of hydrogen-bond acceptors (Lipinski definition) is 2. The molecular formula is C8H16O2. The van der Waals surface area contributed by atoms with Crippen molar-refractivity contribution in [1.29, 1.82) is 0 Å². The summed E-state index contributed by atoms with van der Waals surface area (Å²) in [7, 11) is 0. The first-order valence-electron chi connectivity index (χ1n) is 3.76. The zero-order valence-electron chi connectivity index (χ0n) is 6.89. The molecule has 10 heavy (non-hydrogen) atoms. The predicted molar refractivity (Wildman–Crippen MR) is 39.6 cm³/mol. The molecule has 0 saturated heterocycles. The van der Waals surface area contributed by atoms with E-state index in [0.29, 0.717) is 12.3 Å². The Hall–Kier alpha value is -0.0800. The molecule has 1 fully saturated rings. The van der Waals surface area contributed by atoms with Crippen molar-refractivity contribution >= 4 is 0 Å². The van der Waals surface area contributed by atoms with Gasteiger partial charge < -0.3 is 10.2 Å². The molecule has 0 aromatic carbocycles. The molecule has 1 saturated carbocycles. The summed E-state index contributed by atoms with van der Waals surface area (Å²) in [5, 5.41) is 18.7.